The SMILES string of the molecule is C=Cn1cnnc1/C=C(\N)Oc1ccc(Nc2ncnc3ccc(NC(=O)/C=C/[C@H]4CCCN4C)cc23)cc1Cl. The van der Waals surface area contributed by atoms with E-state index in [0.29, 0.717) is 39.8 Å². The number of ether oxygens (including phenoxy) is 1. The third-order valence-corrected chi connectivity index (χ3v) is 6.74. The molecule has 1 atom stereocenters. The summed E-state index contributed by atoms with van der Waals surface area (Å²) >= 11 is 6.48. The van der Waals surface area contributed by atoms with Gasteiger partial charge < -0.3 is 21.1 Å². The number of halogens is 1. The normalized spacial score (nSPS) is 15.9. The Morgan fingerprint density at radius 1 is 1.23 bits per heavy atom. The molecule has 204 valence electrons. The van der Waals surface area contributed by atoms with Crippen LogP contribution in [-0.4, -0.2) is 55.2 Å². The maximum atomic E-state index is 12.5. The van der Waals surface area contributed by atoms with Crippen LogP contribution in [0.1, 0.15) is 18.7 Å². The van der Waals surface area contributed by atoms with Gasteiger partial charge in [0, 0.05) is 41.2 Å². The molecular weight excluding hydrogens is 530 g/mol. The van der Waals surface area contributed by atoms with Gasteiger partial charge in [-0.2, -0.15) is 0 Å². The summed E-state index contributed by atoms with van der Waals surface area (Å²) in [6, 6.07) is 10.9. The number of amides is 1. The Labute approximate surface area is 236 Å². The van der Waals surface area contributed by atoms with Crippen molar-refractivity contribution in [1.82, 2.24) is 29.6 Å². The largest absolute Gasteiger partial charge is 0.440 e. The highest BCUT2D eigenvalue weighted by atomic mass is 35.5. The molecule has 3 heterocycles. The number of benzene rings is 2. The van der Waals surface area contributed by atoms with Crippen molar-refractivity contribution in [2.24, 2.45) is 5.73 Å². The molecule has 11 nitrogen and oxygen atoms in total. The van der Waals surface area contributed by atoms with E-state index in [1.165, 1.54) is 18.7 Å². The highest BCUT2D eigenvalue weighted by Crippen LogP contribution is 2.32. The van der Waals surface area contributed by atoms with E-state index in [1.54, 1.807) is 35.0 Å². The van der Waals surface area contributed by atoms with Crippen molar-refractivity contribution in [3.8, 4) is 5.75 Å². The molecule has 4 aromatic rings. The number of likely N-dealkylation sites (tertiary alicyclic amines) is 1. The van der Waals surface area contributed by atoms with E-state index in [-0.39, 0.29) is 11.8 Å². The van der Waals surface area contributed by atoms with Crippen molar-refractivity contribution in [2.75, 3.05) is 24.2 Å². The van der Waals surface area contributed by atoms with Crippen LogP contribution in [0.15, 0.2) is 73.7 Å². The van der Waals surface area contributed by atoms with Crippen molar-refractivity contribution in [1.29, 1.82) is 0 Å². The van der Waals surface area contributed by atoms with Crippen LogP contribution in [0.5, 0.6) is 5.75 Å². The van der Waals surface area contributed by atoms with E-state index in [4.69, 9.17) is 22.1 Å². The van der Waals surface area contributed by atoms with Gasteiger partial charge in [-0.05, 0) is 62.8 Å². The lowest BCUT2D eigenvalue weighted by Crippen LogP contribution is -2.23. The zero-order valence-corrected chi connectivity index (χ0v) is 22.5. The smallest absolute Gasteiger partial charge is 0.248 e. The number of likely N-dealkylation sites (N-methyl/N-ethyl adjacent to an activating group) is 1. The number of rotatable bonds is 9. The number of aromatic nitrogens is 5. The average molecular weight is 558 g/mol. The number of carbonyl (C=O) groups excluding carboxylic acids is 1. The molecule has 1 fully saturated rings. The number of fused-ring (bicyclic) bond motifs is 1. The van der Waals surface area contributed by atoms with Crippen molar-refractivity contribution in [2.45, 2.75) is 18.9 Å². The molecule has 5 rings (SSSR count). The molecule has 1 saturated heterocycles. The summed E-state index contributed by atoms with van der Waals surface area (Å²) in [7, 11) is 2.07. The van der Waals surface area contributed by atoms with Gasteiger partial charge in [0.1, 0.15) is 24.2 Å². The zero-order valence-electron chi connectivity index (χ0n) is 21.8. The Hall–Kier alpha value is -4.74. The molecule has 1 aliphatic heterocycles. The van der Waals surface area contributed by atoms with Crippen LogP contribution in [0.2, 0.25) is 5.02 Å². The quantitative estimate of drug-likeness (QED) is 0.198. The standard InChI is InChI=1S/C28H28ClN9O2/c1-3-38-17-33-36-26(38)15-25(30)40-24-10-7-19(14-22(24)29)35-28-21-13-18(6-9-23(21)31-16-32-28)34-27(39)11-8-20-5-4-12-37(20)2/h3,6-11,13-17,20H,1,4-5,12,30H2,2H3,(H,34,39)(H,31,32,35)/b11-8+,25-15+/t20-/m1/s1. The molecule has 1 aliphatic rings. The number of nitrogens with zero attached hydrogens (tertiary/aromatic N) is 6. The Morgan fingerprint density at radius 2 is 2.08 bits per heavy atom. The summed E-state index contributed by atoms with van der Waals surface area (Å²) < 4.78 is 7.29. The van der Waals surface area contributed by atoms with Gasteiger partial charge in [0.25, 0.3) is 0 Å². The topological polar surface area (TPSA) is 136 Å². The highest BCUT2D eigenvalue weighted by Gasteiger charge is 2.18. The van der Waals surface area contributed by atoms with Gasteiger partial charge >= 0.3 is 0 Å². The first-order valence-corrected chi connectivity index (χ1v) is 13.0. The van der Waals surface area contributed by atoms with Crippen LogP contribution in [0.3, 0.4) is 0 Å². The zero-order chi connectivity index (χ0) is 28.1. The van der Waals surface area contributed by atoms with Gasteiger partial charge in [0.2, 0.25) is 5.91 Å². The summed E-state index contributed by atoms with van der Waals surface area (Å²) in [6.45, 7) is 4.73. The van der Waals surface area contributed by atoms with E-state index < -0.39 is 0 Å². The van der Waals surface area contributed by atoms with Crippen LogP contribution in [0.4, 0.5) is 17.2 Å². The van der Waals surface area contributed by atoms with Gasteiger partial charge in [-0.25, -0.2) is 9.97 Å². The lowest BCUT2D eigenvalue weighted by atomic mass is 10.2. The Morgan fingerprint density at radius 3 is 2.85 bits per heavy atom. The number of anilines is 3. The predicted molar refractivity (Wildman–Crippen MR) is 157 cm³/mol. The Balaban J connectivity index is 1.29. The van der Waals surface area contributed by atoms with Crippen molar-refractivity contribution >= 4 is 57.9 Å². The summed E-state index contributed by atoms with van der Waals surface area (Å²) in [5, 5.41) is 15.0. The van der Waals surface area contributed by atoms with Gasteiger partial charge in [0.15, 0.2) is 11.7 Å². The molecule has 12 heteroatoms. The minimum absolute atomic E-state index is 0.0835. The summed E-state index contributed by atoms with van der Waals surface area (Å²) in [5.74, 6) is 1.27. The van der Waals surface area contributed by atoms with Gasteiger partial charge in [0.05, 0.1) is 10.5 Å². The minimum Gasteiger partial charge on any atom is -0.440 e. The summed E-state index contributed by atoms with van der Waals surface area (Å²) in [6.07, 6.45) is 11.8. The minimum atomic E-state index is -0.188. The number of nitrogens with two attached hydrogens (primary N) is 1. The van der Waals surface area contributed by atoms with Crippen molar-refractivity contribution in [3.05, 3.63) is 84.5 Å². The van der Waals surface area contributed by atoms with E-state index in [2.05, 4.69) is 49.3 Å². The number of hydrogen-bond acceptors (Lipinski definition) is 9. The number of hydrogen-bond donors (Lipinski definition) is 3. The summed E-state index contributed by atoms with van der Waals surface area (Å²) in [5.41, 5.74) is 8.04. The van der Waals surface area contributed by atoms with E-state index in [0.717, 1.165) is 30.3 Å². The molecule has 0 spiro atoms. The fourth-order valence-electron chi connectivity index (χ4n) is 4.37. The molecule has 0 aliphatic carbocycles. The van der Waals surface area contributed by atoms with E-state index >= 15 is 0 Å². The number of nitrogens with one attached hydrogen (secondary N) is 2. The number of carbonyl (C=O) groups is 1. The van der Waals surface area contributed by atoms with E-state index in [9.17, 15) is 4.79 Å². The first-order chi connectivity index (χ1) is 19.4. The lowest BCUT2D eigenvalue weighted by molar-refractivity contribution is -0.111. The average Bonchev–Trinajstić information content (AvgIpc) is 3.57. The molecule has 40 heavy (non-hydrogen) atoms. The molecule has 0 bridgehead atoms. The third kappa shape index (κ3) is 6.28. The lowest BCUT2D eigenvalue weighted by Gasteiger charge is -2.14. The highest BCUT2D eigenvalue weighted by molar-refractivity contribution is 6.32. The Kier molecular flexibility index (Phi) is 8.04. The van der Waals surface area contributed by atoms with Gasteiger partial charge in [-0.3, -0.25) is 14.3 Å². The molecule has 1 amide bonds. The predicted octanol–water partition coefficient (Wildman–Crippen LogP) is 4.64. The van der Waals surface area contributed by atoms with Crippen molar-refractivity contribution < 1.29 is 9.53 Å². The molecule has 2 aromatic heterocycles. The molecule has 4 N–H and O–H groups in total. The maximum Gasteiger partial charge on any atom is 0.248 e. The molecule has 0 saturated carbocycles. The first-order valence-electron chi connectivity index (χ1n) is 12.6. The van der Waals surface area contributed by atoms with Crippen molar-refractivity contribution in [3.63, 3.8) is 0 Å². The second-order valence-corrected chi connectivity index (χ2v) is 9.60. The molecule has 0 radical (unpaired) electrons. The first kappa shape index (κ1) is 26.9. The monoisotopic (exact) mass is 557 g/mol. The van der Waals surface area contributed by atoms with E-state index in [1.807, 2.05) is 24.3 Å². The fourth-order valence-corrected chi connectivity index (χ4v) is 4.59. The third-order valence-electron chi connectivity index (χ3n) is 6.44. The van der Waals surface area contributed by atoms with Crippen LogP contribution < -0.4 is 21.1 Å². The van der Waals surface area contributed by atoms with Crippen LogP contribution in [-0.2, 0) is 4.79 Å². The second-order valence-electron chi connectivity index (χ2n) is 9.19. The fraction of sp³-hybridized carbons (Fsp3) is 0.179. The summed E-state index contributed by atoms with van der Waals surface area (Å²) in [4.78, 5) is 23.5. The second kappa shape index (κ2) is 12.0. The molecular formula is C28H28ClN9O2. The van der Waals surface area contributed by atoms with Gasteiger partial charge in [-0.15, -0.1) is 10.2 Å². The van der Waals surface area contributed by atoms with Crippen LogP contribution >= 0.6 is 11.6 Å². The molecule has 2 aromatic carbocycles. The van der Waals surface area contributed by atoms with Crippen LogP contribution in [0, 0.1) is 0 Å². The van der Waals surface area contributed by atoms with Gasteiger partial charge in [-0.1, -0.05) is 24.3 Å². The Bertz CT molecular complexity index is 1610. The van der Waals surface area contributed by atoms with Crippen LogP contribution in [0.25, 0.3) is 23.2 Å². The molecule has 0 unspecified atom stereocenters. The maximum absolute atomic E-state index is 12.5.